The Bertz CT molecular complexity index is 1180. The zero-order valence-electron chi connectivity index (χ0n) is 19.2. The normalized spacial score (nSPS) is 10.3. The fraction of sp³-hybridized carbons (Fsp3) is 0.273. The van der Waals surface area contributed by atoms with Crippen LogP contribution in [0.4, 0.5) is 0 Å². The third kappa shape index (κ3) is 9.28. The first-order chi connectivity index (χ1) is 15.3. The minimum Gasteiger partial charge on any atom is -0.744 e. The predicted molar refractivity (Wildman–Crippen MR) is 133 cm³/mol. The van der Waals surface area contributed by atoms with Gasteiger partial charge in [0.2, 0.25) is 11.9 Å². The van der Waals surface area contributed by atoms with E-state index in [0.29, 0.717) is 11.1 Å². The molecule has 0 spiro atoms. The van der Waals surface area contributed by atoms with Crippen molar-refractivity contribution in [1.82, 2.24) is 4.98 Å². The Morgan fingerprint density at radius 3 is 1.94 bits per heavy atom. The van der Waals surface area contributed by atoms with E-state index in [4.69, 9.17) is 15.3 Å². The lowest BCUT2D eigenvalue weighted by Gasteiger charge is -2.14. The molecule has 0 bridgehead atoms. The average Bonchev–Trinajstić information content (AvgIpc) is 2.69. The molecule has 0 amide bonds. The highest BCUT2D eigenvalue weighted by Crippen LogP contribution is 2.21. The number of nitrogens with two attached hydrogens (primary N) is 1. The molecule has 1 aromatic carbocycles. The number of rotatable bonds is 3. The van der Waals surface area contributed by atoms with E-state index in [1.807, 2.05) is 26.0 Å². The van der Waals surface area contributed by atoms with Crippen LogP contribution >= 0.6 is 31.9 Å². The summed E-state index contributed by atoms with van der Waals surface area (Å²) < 4.78 is 45.8. The minimum atomic E-state index is -4.33. The zero-order chi connectivity index (χ0) is 25.3. The van der Waals surface area contributed by atoms with Crippen LogP contribution in [0.5, 0.6) is 11.5 Å². The van der Waals surface area contributed by atoms with Gasteiger partial charge >= 0.3 is 0 Å². The molecule has 3 aromatic rings. The summed E-state index contributed by atoms with van der Waals surface area (Å²) in [4.78, 5) is 3.80. The van der Waals surface area contributed by atoms with Crippen molar-refractivity contribution in [2.45, 2.75) is 32.6 Å². The predicted octanol–water partition coefficient (Wildman–Crippen LogP) is 4.14. The molecule has 8 nitrogen and oxygen atoms in total. The topological polar surface area (TPSA) is 118 Å². The van der Waals surface area contributed by atoms with Crippen molar-refractivity contribution in [2.75, 3.05) is 20.1 Å². The van der Waals surface area contributed by atoms with Gasteiger partial charge in [-0.15, -0.1) is 0 Å². The number of nitrogen functional groups attached to an aromatic ring is 1. The number of aryl methyl sites for hydroxylation is 3. The molecule has 0 fully saturated rings. The molecular formula is C22H27Br2N3O5S. The van der Waals surface area contributed by atoms with Crippen LogP contribution in [0, 0.1) is 27.7 Å². The Hall–Kier alpha value is -2.21. The zero-order valence-corrected chi connectivity index (χ0v) is 23.2. The summed E-state index contributed by atoms with van der Waals surface area (Å²) >= 11 is 6.57. The standard InChI is InChI=1S/C9H12O3S.C7H10BrN2O.C6H6BrNO/c1-6-4-7(2)9(8(3)5-6)13(10,11)12;1-5-7(11-2)3-6(8)4-10(5)9;1-9-6-2-5(7)3-8-4-6/h4-5H,1-3H3,(H,10,11,12);3-4H,9H2,1-2H3;2-4H,1H3/q;+1;/p-1. The van der Waals surface area contributed by atoms with Gasteiger partial charge in [-0.05, 0) is 69.8 Å². The van der Waals surface area contributed by atoms with Crippen molar-refractivity contribution in [3.05, 3.63) is 74.2 Å². The third-order valence-corrected chi connectivity index (χ3v) is 6.28. The molecule has 2 aromatic heterocycles. The largest absolute Gasteiger partial charge is 0.744 e. The first-order valence-corrected chi connectivity index (χ1v) is 12.5. The fourth-order valence-electron chi connectivity index (χ4n) is 2.90. The number of hydrogen-bond donors (Lipinski definition) is 1. The van der Waals surface area contributed by atoms with Crippen LogP contribution in [0.15, 0.2) is 56.7 Å². The first kappa shape index (κ1) is 28.8. The molecule has 0 atom stereocenters. The van der Waals surface area contributed by atoms with Crippen LogP contribution in [0.3, 0.4) is 0 Å². The highest BCUT2D eigenvalue weighted by molar-refractivity contribution is 9.10. The van der Waals surface area contributed by atoms with Crippen LogP contribution in [-0.2, 0) is 10.1 Å². The van der Waals surface area contributed by atoms with Gasteiger partial charge in [0.25, 0.3) is 0 Å². The molecule has 11 heteroatoms. The highest BCUT2D eigenvalue weighted by Gasteiger charge is 2.11. The summed E-state index contributed by atoms with van der Waals surface area (Å²) in [6, 6.07) is 7.11. The quantitative estimate of drug-likeness (QED) is 0.271. The van der Waals surface area contributed by atoms with Gasteiger partial charge in [-0.3, -0.25) is 4.98 Å². The van der Waals surface area contributed by atoms with Gasteiger partial charge in [0, 0.05) is 23.7 Å². The summed E-state index contributed by atoms with van der Waals surface area (Å²) in [6.45, 7) is 7.02. The van der Waals surface area contributed by atoms with Gasteiger partial charge in [0.1, 0.15) is 15.9 Å². The van der Waals surface area contributed by atoms with Gasteiger partial charge in [0.05, 0.1) is 29.8 Å². The molecule has 0 aliphatic rings. The molecule has 2 N–H and O–H groups in total. The molecule has 2 heterocycles. The van der Waals surface area contributed by atoms with E-state index in [9.17, 15) is 13.0 Å². The second kappa shape index (κ2) is 12.9. The molecule has 0 saturated carbocycles. The Labute approximate surface area is 211 Å². The Morgan fingerprint density at radius 1 is 0.939 bits per heavy atom. The van der Waals surface area contributed by atoms with E-state index in [0.717, 1.165) is 31.7 Å². The average molecular weight is 605 g/mol. The molecule has 180 valence electrons. The second-order valence-electron chi connectivity index (χ2n) is 6.94. The van der Waals surface area contributed by atoms with Gasteiger partial charge in [-0.25, -0.2) is 14.3 Å². The monoisotopic (exact) mass is 603 g/mol. The van der Waals surface area contributed by atoms with Crippen LogP contribution in [0.25, 0.3) is 0 Å². The summed E-state index contributed by atoms with van der Waals surface area (Å²) in [6.07, 6.45) is 5.14. The molecule has 0 radical (unpaired) electrons. The summed E-state index contributed by atoms with van der Waals surface area (Å²) in [5.74, 6) is 7.15. The van der Waals surface area contributed by atoms with Crippen molar-refractivity contribution in [3.63, 3.8) is 0 Å². The van der Waals surface area contributed by atoms with Crippen molar-refractivity contribution < 1.29 is 27.1 Å². The second-order valence-corrected chi connectivity index (χ2v) is 10.1. The molecule has 33 heavy (non-hydrogen) atoms. The Morgan fingerprint density at radius 2 is 1.52 bits per heavy atom. The van der Waals surface area contributed by atoms with E-state index in [1.54, 1.807) is 58.8 Å². The van der Waals surface area contributed by atoms with Gasteiger partial charge in [-0.1, -0.05) is 22.4 Å². The molecule has 0 aliphatic carbocycles. The van der Waals surface area contributed by atoms with Gasteiger partial charge in [0.15, 0.2) is 5.75 Å². The number of aromatic nitrogens is 2. The molecule has 0 aliphatic heterocycles. The SMILES string of the molecule is COc1cc(Br)c[n+](N)c1C.COc1cncc(Br)c1.Cc1cc(C)c(S(=O)(=O)[O-])c(C)c1. The van der Waals surface area contributed by atoms with Gasteiger partial charge in [-0.2, -0.15) is 0 Å². The lowest BCUT2D eigenvalue weighted by molar-refractivity contribution is -0.646. The van der Waals surface area contributed by atoms with E-state index >= 15 is 0 Å². The molecular weight excluding hydrogens is 578 g/mol. The molecule has 0 saturated heterocycles. The number of ether oxygens (including phenoxy) is 2. The molecule has 3 rings (SSSR count). The number of pyridine rings is 2. The van der Waals surface area contributed by atoms with E-state index < -0.39 is 10.1 Å². The number of benzene rings is 1. The lowest BCUT2D eigenvalue weighted by Crippen LogP contribution is -2.47. The van der Waals surface area contributed by atoms with Crippen LogP contribution in [-0.4, -0.2) is 32.2 Å². The maximum absolute atomic E-state index is 10.8. The van der Waals surface area contributed by atoms with Crippen molar-refractivity contribution >= 4 is 42.0 Å². The summed E-state index contributed by atoms with van der Waals surface area (Å²) in [5, 5.41) is 0. The third-order valence-electron chi connectivity index (χ3n) is 4.27. The maximum atomic E-state index is 10.8. The number of methoxy groups -OCH3 is 2. The van der Waals surface area contributed by atoms with E-state index in [1.165, 1.54) is 4.68 Å². The summed E-state index contributed by atoms with van der Waals surface area (Å²) in [7, 11) is -1.10. The number of hydrogen-bond acceptors (Lipinski definition) is 7. The maximum Gasteiger partial charge on any atom is 0.249 e. The molecule has 0 unspecified atom stereocenters. The van der Waals surface area contributed by atoms with Crippen LogP contribution in [0.1, 0.15) is 22.4 Å². The summed E-state index contributed by atoms with van der Waals surface area (Å²) in [5.41, 5.74) is 2.90. The minimum absolute atomic E-state index is 0.0851. The van der Waals surface area contributed by atoms with Crippen molar-refractivity contribution in [3.8, 4) is 11.5 Å². The number of nitrogens with zero attached hydrogens (tertiary/aromatic N) is 2. The van der Waals surface area contributed by atoms with Crippen molar-refractivity contribution in [2.24, 2.45) is 0 Å². The lowest BCUT2D eigenvalue weighted by atomic mass is 10.1. The van der Waals surface area contributed by atoms with E-state index in [-0.39, 0.29) is 4.90 Å². The van der Waals surface area contributed by atoms with Gasteiger partial charge < -0.3 is 14.0 Å². The van der Waals surface area contributed by atoms with E-state index in [2.05, 4.69) is 36.8 Å². The highest BCUT2D eigenvalue weighted by atomic mass is 79.9. The fourth-order valence-corrected chi connectivity index (χ4v) is 4.57. The Balaban J connectivity index is 0.000000252. The smallest absolute Gasteiger partial charge is 0.249 e. The Kier molecular flexibility index (Phi) is 11.2. The number of halogens is 2. The first-order valence-electron chi connectivity index (χ1n) is 9.49. The van der Waals surface area contributed by atoms with Crippen LogP contribution < -0.4 is 20.0 Å². The van der Waals surface area contributed by atoms with Crippen molar-refractivity contribution in [1.29, 1.82) is 0 Å². The van der Waals surface area contributed by atoms with Crippen LogP contribution in [0.2, 0.25) is 0 Å².